The number of amides is 1. The third kappa shape index (κ3) is 5.31. The third-order valence-electron chi connectivity index (χ3n) is 5.27. The average molecular weight is 500 g/mol. The Balaban J connectivity index is 1.59. The Morgan fingerprint density at radius 2 is 1.79 bits per heavy atom. The van der Waals surface area contributed by atoms with E-state index in [1.165, 1.54) is 23.9 Å². The summed E-state index contributed by atoms with van der Waals surface area (Å²) in [7, 11) is 0. The highest BCUT2D eigenvalue weighted by Crippen LogP contribution is 2.21. The zero-order valence-corrected chi connectivity index (χ0v) is 20.3. The van der Waals surface area contributed by atoms with Crippen molar-refractivity contribution in [3.63, 3.8) is 0 Å². The van der Waals surface area contributed by atoms with E-state index >= 15 is 0 Å². The number of rotatable bonds is 8. The van der Waals surface area contributed by atoms with E-state index in [2.05, 4.69) is 10.4 Å². The van der Waals surface area contributed by atoms with Gasteiger partial charge in [0, 0.05) is 18.1 Å². The molecule has 34 heavy (non-hydrogen) atoms. The summed E-state index contributed by atoms with van der Waals surface area (Å²) in [5, 5.41) is 8.30. The highest BCUT2D eigenvalue weighted by molar-refractivity contribution is 7.99. The fraction of sp³-hybridized carbons (Fsp3) is 0.250. The Bertz CT molecular complexity index is 1380. The molecule has 4 rings (SSSR count). The van der Waals surface area contributed by atoms with Crippen molar-refractivity contribution in [3.05, 3.63) is 86.5 Å². The third-order valence-corrected chi connectivity index (χ3v) is 6.50. The summed E-state index contributed by atoms with van der Waals surface area (Å²) < 4.78 is 16.3. The maximum atomic E-state index is 13.5. The fourth-order valence-corrected chi connectivity index (χ4v) is 4.47. The lowest BCUT2D eigenvalue weighted by molar-refractivity contribution is -0.118. The molecule has 176 valence electrons. The minimum atomic E-state index is -0.326. The number of nitrogens with one attached hydrogen (secondary N) is 1. The molecule has 1 N–H and O–H groups in total. The number of nitrogens with zero attached hydrogens (tertiary/aromatic N) is 4. The molecule has 0 spiro atoms. The fourth-order valence-electron chi connectivity index (χ4n) is 3.52. The second-order valence-electron chi connectivity index (χ2n) is 7.70. The quantitative estimate of drug-likeness (QED) is 0.290. The number of benzene rings is 2. The molecule has 0 saturated carbocycles. The van der Waals surface area contributed by atoms with Gasteiger partial charge in [-0.05, 0) is 49.2 Å². The summed E-state index contributed by atoms with van der Waals surface area (Å²) in [4.78, 5) is 30.7. The van der Waals surface area contributed by atoms with Crippen molar-refractivity contribution in [2.24, 2.45) is 0 Å². The van der Waals surface area contributed by atoms with Crippen LogP contribution in [-0.4, -0.2) is 31.0 Å². The van der Waals surface area contributed by atoms with Crippen molar-refractivity contribution in [1.82, 2.24) is 24.6 Å². The van der Waals surface area contributed by atoms with Crippen molar-refractivity contribution < 1.29 is 9.18 Å². The maximum absolute atomic E-state index is 13.5. The van der Waals surface area contributed by atoms with Gasteiger partial charge >= 0.3 is 0 Å². The summed E-state index contributed by atoms with van der Waals surface area (Å²) in [6.45, 7) is 4.84. The molecule has 2 aromatic heterocycles. The summed E-state index contributed by atoms with van der Waals surface area (Å²) in [5.74, 6) is -0.476. The predicted octanol–water partition coefficient (Wildman–Crippen LogP) is 4.17. The van der Waals surface area contributed by atoms with Gasteiger partial charge in [0.25, 0.3) is 5.56 Å². The number of aromatic nitrogens is 4. The molecule has 0 fully saturated rings. The van der Waals surface area contributed by atoms with E-state index in [0.29, 0.717) is 33.5 Å². The van der Waals surface area contributed by atoms with E-state index in [1.54, 1.807) is 33.5 Å². The minimum absolute atomic E-state index is 0.0702. The molecule has 0 aliphatic rings. The van der Waals surface area contributed by atoms with E-state index in [-0.39, 0.29) is 36.1 Å². The highest BCUT2D eigenvalue weighted by Gasteiger charge is 2.19. The summed E-state index contributed by atoms with van der Waals surface area (Å²) in [6.07, 6.45) is 0. The van der Waals surface area contributed by atoms with Gasteiger partial charge in [0.2, 0.25) is 5.91 Å². The molecule has 1 amide bonds. The minimum Gasteiger partial charge on any atom is -0.351 e. The molecule has 0 unspecified atom stereocenters. The monoisotopic (exact) mass is 499 g/mol. The van der Waals surface area contributed by atoms with Crippen LogP contribution in [0.5, 0.6) is 0 Å². The number of carbonyl (C=O) groups is 1. The average Bonchev–Trinajstić information content (AvgIpc) is 3.16. The molecule has 10 heteroatoms. The zero-order valence-electron chi connectivity index (χ0n) is 18.7. The molecule has 4 aromatic rings. The van der Waals surface area contributed by atoms with Crippen LogP contribution in [0.2, 0.25) is 5.02 Å². The Morgan fingerprint density at radius 1 is 1.12 bits per heavy atom. The molecular formula is C24H23ClFN5O2S. The number of hydrogen-bond donors (Lipinski definition) is 1. The van der Waals surface area contributed by atoms with Crippen LogP contribution in [0, 0.1) is 12.7 Å². The first-order valence-electron chi connectivity index (χ1n) is 10.7. The summed E-state index contributed by atoms with van der Waals surface area (Å²) in [5.41, 5.74) is 3.11. The number of hydrogen-bond acceptors (Lipinski definition) is 5. The maximum Gasteiger partial charge on any atom is 0.280 e. The van der Waals surface area contributed by atoms with Gasteiger partial charge in [-0.1, -0.05) is 47.6 Å². The largest absolute Gasteiger partial charge is 0.351 e. The van der Waals surface area contributed by atoms with Gasteiger partial charge < -0.3 is 5.32 Å². The van der Waals surface area contributed by atoms with Crippen LogP contribution in [0.4, 0.5) is 4.39 Å². The van der Waals surface area contributed by atoms with Crippen LogP contribution in [0.15, 0.2) is 58.5 Å². The van der Waals surface area contributed by atoms with Crippen molar-refractivity contribution in [3.8, 4) is 0 Å². The number of carbonyl (C=O) groups excluding carboxylic acids is 1. The van der Waals surface area contributed by atoms with Gasteiger partial charge in [0.1, 0.15) is 11.3 Å². The first-order valence-corrected chi connectivity index (χ1v) is 12.1. The van der Waals surface area contributed by atoms with Gasteiger partial charge in [-0.25, -0.2) is 9.37 Å². The van der Waals surface area contributed by atoms with Gasteiger partial charge in [-0.2, -0.15) is 5.10 Å². The topological polar surface area (TPSA) is 81.8 Å². The second-order valence-corrected chi connectivity index (χ2v) is 9.08. The molecule has 0 aliphatic carbocycles. The van der Waals surface area contributed by atoms with Crippen LogP contribution in [-0.2, 0) is 24.4 Å². The summed E-state index contributed by atoms with van der Waals surface area (Å²) >= 11 is 7.19. The standard InChI is InChI=1S/C24H23ClFN5O2S/c1-3-31-22-21(15(2)29-31)28-24(30(23(22)33)13-17-4-8-18(25)9-5-17)34-14-20(32)27-12-16-6-10-19(26)11-7-16/h4-11H,3,12-14H2,1-2H3,(H,27,32). The predicted molar refractivity (Wildman–Crippen MR) is 132 cm³/mol. The van der Waals surface area contributed by atoms with E-state index in [1.807, 2.05) is 26.0 Å². The van der Waals surface area contributed by atoms with Crippen LogP contribution >= 0.6 is 23.4 Å². The first-order chi connectivity index (χ1) is 16.4. The van der Waals surface area contributed by atoms with Gasteiger partial charge in [0.15, 0.2) is 10.7 Å². The van der Waals surface area contributed by atoms with Crippen LogP contribution < -0.4 is 10.9 Å². The second kappa shape index (κ2) is 10.4. The van der Waals surface area contributed by atoms with E-state index < -0.39 is 0 Å². The zero-order chi connectivity index (χ0) is 24.2. The first kappa shape index (κ1) is 24.0. The Morgan fingerprint density at radius 3 is 2.47 bits per heavy atom. The Kier molecular flexibility index (Phi) is 7.33. The molecular weight excluding hydrogens is 477 g/mol. The van der Waals surface area contributed by atoms with Crippen molar-refractivity contribution >= 4 is 40.3 Å². The number of halogens is 2. The number of thioether (sulfide) groups is 1. The molecule has 0 atom stereocenters. The number of aryl methyl sites for hydroxylation is 2. The Hall–Kier alpha value is -3.17. The molecule has 0 radical (unpaired) electrons. The SMILES string of the molecule is CCn1nc(C)c2nc(SCC(=O)NCc3ccc(F)cc3)n(Cc3ccc(Cl)cc3)c(=O)c21. The van der Waals surface area contributed by atoms with Gasteiger partial charge in [-0.3, -0.25) is 18.8 Å². The van der Waals surface area contributed by atoms with Crippen molar-refractivity contribution in [2.45, 2.75) is 38.6 Å². The molecule has 0 saturated heterocycles. The lowest BCUT2D eigenvalue weighted by Crippen LogP contribution is -2.27. The van der Waals surface area contributed by atoms with E-state index in [0.717, 1.165) is 11.1 Å². The van der Waals surface area contributed by atoms with Gasteiger partial charge in [-0.15, -0.1) is 0 Å². The number of fused-ring (bicyclic) bond motifs is 1. The molecule has 2 heterocycles. The lowest BCUT2D eigenvalue weighted by atomic mass is 10.2. The smallest absolute Gasteiger partial charge is 0.280 e. The summed E-state index contributed by atoms with van der Waals surface area (Å²) in [6, 6.07) is 13.2. The highest BCUT2D eigenvalue weighted by atomic mass is 35.5. The molecule has 0 aliphatic heterocycles. The normalized spacial score (nSPS) is 11.2. The van der Waals surface area contributed by atoms with E-state index in [4.69, 9.17) is 16.6 Å². The lowest BCUT2D eigenvalue weighted by Gasteiger charge is -2.13. The molecule has 0 bridgehead atoms. The molecule has 2 aromatic carbocycles. The van der Waals surface area contributed by atoms with Crippen LogP contribution in [0.1, 0.15) is 23.7 Å². The van der Waals surface area contributed by atoms with Crippen LogP contribution in [0.25, 0.3) is 11.0 Å². The van der Waals surface area contributed by atoms with Crippen molar-refractivity contribution in [2.75, 3.05) is 5.75 Å². The van der Waals surface area contributed by atoms with E-state index in [9.17, 15) is 14.0 Å². The van der Waals surface area contributed by atoms with Crippen LogP contribution in [0.3, 0.4) is 0 Å². The molecule has 7 nitrogen and oxygen atoms in total. The Labute approximate surface area is 205 Å². The van der Waals surface area contributed by atoms with Gasteiger partial charge in [0.05, 0.1) is 18.0 Å². The van der Waals surface area contributed by atoms with Crippen molar-refractivity contribution in [1.29, 1.82) is 0 Å².